The van der Waals surface area contributed by atoms with Crippen LogP contribution < -0.4 is 10.6 Å². The zero-order chi connectivity index (χ0) is 22.8. The molecule has 0 bridgehead atoms. The van der Waals surface area contributed by atoms with Crippen molar-refractivity contribution in [2.45, 2.75) is 13.5 Å². The van der Waals surface area contributed by atoms with E-state index in [1.54, 1.807) is 12.1 Å². The molecule has 0 spiro atoms. The van der Waals surface area contributed by atoms with Crippen molar-refractivity contribution >= 4 is 45.9 Å². The van der Waals surface area contributed by atoms with Crippen LogP contribution in [-0.4, -0.2) is 24.5 Å². The van der Waals surface area contributed by atoms with Crippen molar-refractivity contribution in [1.82, 2.24) is 24.5 Å². The van der Waals surface area contributed by atoms with Gasteiger partial charge in [0.2, 0.25) is 17.2 Å². The highest BCUT2D eigenvalue weighted by atomic mass is 35.5. The van der Waals surface area contributed by atoms with Gasteiger partial charge < -0.3 is 15.2 Å². The molecule has 5 rings (SSSR count). The second-order valence-corrected chi connectivity index (χ2v) is 7.78. The van der Waals surface area contributed by atoms with E-state index in [1.165, 1.54) is 17.7 Å². The molecule has 9 heteroatoms. The fourth-order valence-corrected chi connectivity index (χ4v) is 3.70. The number of hydrogen-bond donors (Lipinski definition) is 2. The smallest absolute Gasteiger partial charge is 0.233 e. The van der Waals surface area contributed by atoms with Crippen LogP contribution in [0.25, 0.3) is 11.0 Å². The number of aromatic nitrogens is 5. The Kier molecular flexibility index (Phi) is 5.58. The first-order valence-corrected chi connectivity index (χ1v) is 10.6. The summed E-state index contributed by atoms with van der Waals surface area (Å²) in [5.74, 6) is 1.13. The van der Waals surface area contributed by atoms with Crippen LogP contribution in [0, 0.1) is 12.7 Å². The van der Waals surface area contributed by atoms with E-state index in [4.69, 9.17) is 11.6 Å². The van der Waals surface area contributed by atoms with E-state index in [0.29, 0.717) is 5.69 Å². The third-order valence-corrected chi connectivity index (χ3v) is 5.26. The maximum atomic E-state index is 13.2. The van der Waals surface area contributed by atoms with Gasteiger partial charge in [0.1, 0.15) is 11.6 Å². The van der Waals surface area contributed by atoms with E-state index in [9.17, 15) is 4.39 Å². The van der Waals surface area contributed by atoms with Crippen molar-refractivity contribution in [2.24, 2.45) is 0 Å². The molecular formula is C24H19ClFN7. The van der Waals surface area contributed by atoms with E-state index < -0.39 is 0 Å². The Morgan fingerprint density at radius 2 is 1.48 bits per heavy atom. The molecule has 0 fully saturated rings. The van der Waals surface area contributed by atoms with E-state index in [1.807, 2.05) is 43.3 Å². The van der Waals surface area contributed by atoms with Gasteiger partial charge in [-0.3, -0.25) is 0 Å². The molecule has 7 nitrogen and oxygen atoms in total. The van der Waals surface area contributed by atoms with Crippen LogP contribution in [0.5, 0.6) is 0 Å². The van der Waals surface area contributed by atoms with Crippen LogP contribution in [-0.2, 0) is 6.54 Å². The van der Waals surface area contributed by atoms with Gasteiger partial charge in [-0.1, -0.05) is 30.3 Å². The minimum absolute atomic E-state index is 0.0307. The van der Waals surface area contributed by atoms with Gasteiger partial charge in [0.15, 0.2) is 0 Å². The van der Waals surface area contributed by atoms with Crippen molar-refractivity contribution in [3.05, 3.63) is 95.3 Å². The van der Waals surface area contributed by atoms with Gasteiger partial charge >= 0.3 is 0 Å². The van der Waals surface area contributed by atoms with Gasteiger partial charge in [0, 0.05) is 17.9 Å². The largest absolute Gasteiger partial charge is 0.324 e. The predicted octanol–water partition coefficient (Wildman–Crippen LogP) is 5.86. The average molecular weight is 460 g/mol. The minimum Gasteiger partial charge on any atom is -0.324 e. The first-order chi connectivity index (χ1) is 16.0. The molecule has 0 aliphatic heterocycles. The molecule has 3 aromatic carbocycles. The Morgan fingerprint density at radius 3 is 2.21 bits per heavy atom. The van der Waals surface area contributed by atoms with E-state index >= 15 is 0 Å². The topological polar surface area (TPSA) is 80.6 Å². The summed E-state index contributed by atoms with van der Waals surface area (Å²) in [5.41, 5.74) is 4.50. The van der Waals surface area contributed by atoms with Crippen LogP contribution in [0.1, 0.15) is 11.4 Å². The molecule has 0 radical (unpaired) electrons. The van der Waals surface area contributed by atoms with Gasteiger partial charge in [-0.25, -0.2) is 9.37 Å². The quantitative estimate of drug-likeness (QED) is 0.331. The summed E-state index contributed by atoms with van der Waals surface area (Å²) < 4.78 is 15.3. The summed E-state index contributed by atoms with van der Waals surface area (Å²) in [4.78, 5) is 17.3. The lowest BCUT2D eigenvalue weighted by molar-refractivity contribution is 0.628. The molecule has 0 aliphatic rings. The third-order valence-electron chi connectivity index (χ3n) is 5.09. The van der Waals surface area contributed by atoms with Gasteiger partial charge in [0.05, 0.1) is 11.0 Å². The van der Waals surface area contributed by atoms with Crippen molar-refractivity contribution in [3.8, 4) is 0 Å². The number of hydrogen-bond acceptors (Lipinski definition) is 6. The summed E-state index contributed by atoms with van der Waals surface area (Å²) in [7, 11) is 0. The number of imidazole rings is 1. The standard InChI is InChI=1S/C24H19ClFN7/c1-15-27-20-12-11-19(13-21(20)33(15)14-16-5-3-2-4-6-16)29-24-31-22(25)30-23(32-24)28-18-9-7-17(26)8-10-18/h2-13H,14H2,1H3,(H2,28,29,30,31,32). The van der Waals surface area contributed by atoms with Gasteiger partial charge in [-0.2, -0.15) is 15.0 Å². The molecule has 164 valence electrons. The highest BCUT2D eigenvalue weighted by Gasteiger charge is 2.11. The maximum Gasteiger partial charge on any atom is 0.233 e. The summed E-state index contributed by atoms with van der Waals surface area (Å²) in [6, 6.07) is 22.0. The van der Waals surface area contributed by atoms with Gasteiger partial charge in [-0.05, 0) is 66.6 Å². The lowest BCUT2D eigenvalue weighted by Crippen LogP contribution is -2.04. The number of nitrogens with zero attached hydrogens (tertiary/aromatic N) is 5. The zero-order valence-corrected chi connectivity index (χ0v) is 18.4. The number of anilines is 4. The van der Waals surface area contributed by atoms with Crippen LogP contribution in [0.3, 0.4) is 0 Å². The van der Waals surface area contributed by atoms with Crippen molar-refractivity contribution in [2.75, 3.05) is 10.6 Å². The maximum absolute atomic E-state index is 13.2. The monoisotopic (exact) mass is 459 g/mol. The number of rotatable bonds is 6. The van der Waals surface area contributed by atoms with E-state index in [0.717, 1.165) is 29.1 Å². The van der Waals surface area contributed by atoms with Gasteiger partial charge in [0.25, 0.3) is 0 Å². The summed E-state index contributed by atoms with van der Waals surface area (Å²) in [6.07, 6.45) is 0. The molecule has 33 heavy (non-hydrogen) atoms. The summed E-state index contributed by atoms with van der Waals surface area (Å²) in [6.45, 7) is 2.71. The van der Waals surface area contributed by atoms with Crippen LogP contribution in [0.2, 0.25) is 5.28 Å². The molecule has 2 N–H and O–H groups in total. The second-order valence-electron chi connectivity index (χ2n) is 7.44. The molecule has 0 unspecified atom stereocenters. The third kappa shape index (κ3) is 4.75. The first kappa shape index (κ1) is 20.8. The van der Waals surface area contributed by atoms with Crippen LogP contribution >= 0.6 is 11.6 Å². The molecule has 2 aromatic heterocycles. The Labute approximate surface area is 194 Å². The Bertz CT molecular complexity index is 1420. The highest BCUT2D eigenvalue weighted by molar-refractivity contribution is 6.28. The SMILES string of the molecule is Cc1nc2ccc(Nc3nc(Cl)nc(Nc4ccc(F)cc4)n3)cc2n1Cc1ccccc1. The number of nitrogens with one attached hydrogen (secondary N) is 2. The normalized spacial score (nSPS) is 11.0. The van der Waals surface area contributed by atoms with E-state index in [2.05, 4.69) is 47.3 Å². The van der Waals surface area contributed by atoms with Crippen LogP contribution in [0.4, 0.5) is 27.7 Å². The average Bonchev–Trinajstić information content (AvgIpc) is 3.10. The van der Waals surface area contributed by atoms with E-state index in [-0.39, 0.29) is 23.0 Å². The fraction of sp³-hybridized carbons (Fsp3) is 0.0833. The lowest BCUT2D eigenvalue weighted by atomic mass is 10.2. The molecule has 0 amide bonds. The minimum atomic E-state index is -0.325. The highest BCUT2D eigenvalue weighted by Crippen LogP contribution is 2.24. The Morgan fingerprint density at radius 1 is 0.818 bits per heavy atom. The van der Waals surface area contributed by atoms with Crippen LogP contribution in [0.15, 0.2) is 72.8 Å². The zero-order valence-electron chi connectivity index (χ0n) is 17.6. The molecule has 2 heterocycles. The van der Waals surface area contributed by atoms with Crippen molar-refractivity contribution in [3.63, 3.8) is 0 Å². The van der Waals surface area contributed by atoms with Gasteiger partial charge in [-0.15, -0.1) is 0 Å². The summed E-state index contributed by atoms with van der Waals surface area (Å²) >= 11 is 6.11. The lowest BCUT2D eigenvalue weighted by Gasteiger charge is -2.10. The molecular weight excluding hydrogens is 441 g/mol. The molecule has 0 saturated heterocycles. The number of halogens is 2. The van der Waals surface area contributed by atoms with Crippen molar-refractivity contribution in [1.29, 1.82) is 0 Å². The first-order valence-electron chi connectivity index (χ1n) is 10.3. The number of aryl methyl sites for hydroxylation is 1. The second kappa shape index (κ2) is 8.84. The van der Waals surface area contributed by atoms with Crippen molar-refractivity contribution < 1.29 is 4.39 Å². The number of benzene rings is 3. The molecule has 0 atom stereocenters. The molecule has 0 aliphatic carbocycles. The molecule has 0 saturated carbocycles. The Hall–Kier alpha value is -4.04. The number of fused-ring (bicyclic) bond motifs is 1. The predicted molar refractivity (Wildman–Crippen MR) is 128 cm³/mol. The fourth-order valence-electron chi connectivity index (χ4n) is 3.54. The summed E-state index contributed by atoms with van der Waals surface area (Å²) in [5, 5.41) is 6.22. The Balaban J connectivity index is 1.42. The molecule has 5 aromatic rings.